The number of carbonyl (C=O) groups is 1. The Balaban J connectivity index is 1.72. The van der Waals surface area contributed by atoms with Gasteiger partial charge in [-0.2, -0.15) is 0 Å². The van der Waals surface area contributed by atoms with Gasteiger partial charge in [-0.15, -0.1) is 0 Å². The number of benzene rings is 1. The van der Waals surface area contributed by atoms with E-state index >= 15 is 0 Å². The molecule has 1 amide bonds. The van der Waals surface area contributed by atoms with Crippen molar-refractivity contribution in [2.24, 2.45) is 0 Å². The number of nitrogens with zero attached hydrogens (tertiary/aromatic N) is 1. The van der Waals surface area contributed by atoms with Crippen molar-refractivity contribution in [3.63, 3.8) is 0 Å². The van der Waals surface area contributed by atoms with Gasteiger partial charge >= 0.3 is 0 Å². The molecule has 2 aromatic rings. The van der Waals surface area contributed by atoms with E-state index in [4.69, 9.17) is 9.47 Å². The van der Waals surface area contributed by atoms with Crippen molar-refractivity contribution in [2.75, 3.05) is 18.5 Å². The van der Waals surface area contributed by atoms with Gasteiger partial charge in [-0.05, 0) is 38.0 Å². The van der Waals surface area contributed by atoms with Crippen molar-refractivity contribution >= 4 is 11.6 Å². The van der Waals surface area contributed by atoms with Gasteiger partial charge < -0.3 is 19.4 Å². The first-order valence-electron chi connectivity index (χ1n) is 8.52. The molecule has 1 saturated heterocycles. The van der Waals surface area contributed by atoms with E-state index in [0.717, 1.165) is 19.4 Å². The van der Waals surface area contributed by atoms with Crippen LogP contribution in [0.4, 0.5) is 5.69 Å². The standard InChI is InChI=1S/C19H22N2O4/c1-2-21-12-14(9-10-18(21)22)20-19(23)16-7-3-4-8-17(16)25-13-15-6-5-11-24-15/h3-4,7-10,12,15H,2,5-6,11,13H2,1H3,(H,20,23)/t15-/m0/s1. The molecule has 1 atom stereocenters. The van der Waals surface area contributed by atoms with Gasteiger partial charge in [-0.3, -0.25) is 9.59 Å². The molecule has 6 nitrogen and oxygen atoms in total. The normalized spacial score (nSPS) is 16.6. The van der Waals surface area contributed by atoms with Gasteiger partial charge in [0.25, 0.3) is 11.5 Å². The highest BCUT2D eigenvalue weighted by Gasteiger charge is 2.18. The molecule has 0 spiro atoms. The highest BCUT2D eigenvalue weighted by Crippen LogP contribution is 2.21. The maximum atomic E-state index is 12.6. The smallest absolute Gasteiger partial charge is 0.259 e. The summed E-state index contributed by atoms with van der Waals surface area (Å²) in [5.74, 6) is 0.253. The molecule has 0 saturated carbocycles. The summed E-state index contributed by atoms with van der Waals surface area (Å²) in [6.07, 6.45) is 3.75. The quantitative estimate of drug-likeness (QED) is 0.876. The highest BCUT2D eigenvalue weighted by molar-refractivity contribution is 6.06. The van der Waals surface area contributed by atoms with E-state index in [2.05, 4.69) is 5.32 Å². The van der Waals surface area contributed by atoms with Gasteiger partial charge in [0, 0.05) is 25.4 Å². The second-order valence-corrected chi connectivity index (χ2v) is 5.94. The molecule has 0 aliphatic carbocycles. The van der Waals surface area contributed by atoms with Crippen LogP contribution in [0.3, 0.4) is 0 Å². The summed E-state index contributed by atoms with van der Waals surface area (Å²) in [5.41, 5.74) is 0.927. The van der Waals surface area contributed by atoms with Crippen molar-refractivity contribution < 1.29 is 14.3 Å². The lowest BCUT2D eigenvalue weighted by Gasteiger charge is -2.15. The van der Waals surface area contributed by atoms with E-state index in [0.29, 0.717) is 30.2 Å². The van der Waals surface area contributed by atoms with Crippen LogP contribution < -0.4 is 15.6 Å². The first-order valence-corrected chi connectivity index (χ1v) is 8.52. The predicted molar refractivity (Wildman–Crippen MR) is 95.2 cm³/mol. The maximum absolute atomic E-state index is 12.6. The number of aryl methyl sites for hydroxylation is 1. The third kappa shape index (κ3) is 4.28. The third-order valence-corrected chi connectivity index (χ3v) is 4.16. The summed E-state index contributed by atoms with van der Waals surface area (Å²) in [7, 11) is 0. The Morgan fingerprint density at radius 2 is 2.16 bits per heavy atom. The van der Waals surface area contributed by atoms with Gasteiger partial charge in [0.2, 0.25) is 0 Å². The zero-order chi connectivity index (χ0) is 17.6. The number of rotatable bonds is 6. The lowest BCUT2D eigenvalue weighted by Crippen LogP contribution is -2.21. The second kappa shape index (κ2) is 7.98. The maximum Gasteiger partial charge on any atom is 0.259 e. The summed E-state index contributed by atoms with van der Waals surface area (Å²) in [6, 6.07) is 10.2. The Labute approximate surface area is 146 Å². The van der Waals surface area contributed by atoms with Crippen molar-refractivity contribution in [3.8, 4) is 5.75 Å². The minimum absolute atomic E-state index is 0.0872. The Kier molecular flexibility index (Phi) is 5.50. The first kappa shape index (κ1) is 17.2. The van der Waals surface area contributed by atoms with Crippen LogP contribution in [0.1, 0.15) is 30.1 Å². The molecule has 1 aliphatic rings. The summed E-state index contributed by atoms with van der Waals surface area (Å²) in [4.78, 5) is 24.2. The number of carbonyl (C=O) groups excluding carboxylic acids is 1. The molecule has 0 bridgehead atoms. The molecule has 1 aliphatic heterocycles. The van der Waals surface area contributed by atoms with Crippen LogP contribution in [-0.2, 0) is 11.3 Å². The molecule has 1 aromatic carbocycles. The van der Waals surface area contributed by atoms with E-state index in [1.807, 2.05) is 13.0 Å². The van der Waals surface area contributed by atoms with E-state index in [1.54, 1.807) is 30.5 Å². The SMILES string of the molecule is CCn1cc(NC(=O)c2ccccc2OC[C@@H]2CCCO2)ccc1=O. The number of ether oxygens (including phenoxy) is 2. The molecular formula is C19H22N2O4. The molecule has 1 N–H and O–H groups in total. The van der Waals surface area contributed by atoms with Gasteiger partial charge in [-0.1, -0.05) is 12.1 Å². The van der Waals surface area contributed by atoms with Crippen molar-refractivity contribution in [2.45, 2.75) is 32.4 Å². The highest BCUT2D eigenvalue weighted by atomic mass is 16.5. The predicted octanol–water partition coefficient (Wildman–Crippen LogP) is 2.68. The van der Waals surface area contributed by atoms with Crippen LogP contribution >= 0.6 is 0 Å². The van der Waals surface area contributed by atoms with Gasteiger partial charge in [0.15, 0.2) is 0 Å². The van der Waals surface area contributed by atoms with Gasteiger partial charge in [0.1, 0.15) is 12.4 Å². The molecule has 25 heavy (non-hydrogen) atoms. The van der Waals surface area contributed by atoms with E-state index < -0.39 is 0 Å². The average Bonchev–Trinajstić information content (AvgIpc) is 3.15. The second-order valence-electron chi connectivity index (χ2n) is 5.94. The van der Waals surface area contributed by atoms with E-state index in [-0.39, 0.29) is 17.6 Å². The van der Waals surface area contributed by atoms with E-state index in [9.17, 15) is 9.59 Å². The number of pyridine rings is 1. The van der Waals surface area contributed by atoms with Crippen LogP contribution in [0.25, 0.3) is 0 Å². The monoisotopic (exact) mass is 342 g/mol. The van der Waals surface area contributed by atoms with Crippen molar-refractivity contribution in [1.82, 2.24) is 4.57 Å². The number of aromatic nitrogens is 1. The summed E-state index contributed by atoms with van der Waals surface area (Å²) in [5, 5.41) is 2.82. The number of para-hydroxylation sites is 1. The van der Waals surface area contributed by atoms with Crippen LogP contribution in [0, 0.1) is 0 Å². The molecule has 2 heterocycles. The number of anilines is 1. The number of hydrogen-bond donors (Lipinski definition) is 1. The van der Waals surface area contributed by atoms with Crippen LogP contribution in [0.15, 0.2) is 47.4 Å². The molecule has 1 fully saturated rings. The zero-order valence-corrected chi connectivity index (χ0v) is 14.2. The number of hydrogen-bond acceptors (Lipinski definition) is 4. The minimum atomic E-state index is -0.274. The average molecular weight is 342 g/mol. The lowest BCUT2D eigenvalue weighted by molar-refractivity contribution is 0.0673. The summed E-state index contributed by atoms with van der Waals surface area (Å²) < 4.78 is 12.9. The molecule has 0 radical (unpaired) electrons. The Hall–Kier alpha value is -2.60. The third-order valence-electron chi connectivity index (χ3n) is 4.16. The Bertz CT molecular complexity index is 794. The van der Waals surface area contributed by atoms with E-state index in [1.165, 1.54) is 10.6 Å². The van der Waals surface area contributed by atoms with Crippen molar-refractivity contribution in [3.05, 3.63) is 58.5 Å². The minimum Gasteiger partial charge on any atom is -0.490 e. The molecule has 3 rings (SSSR count). The summed E-state index contributed by atoms with van der Waals surface area (Å²) >= 11 is 0. The number of amides is 1. The van der Waals surface area contributed by atoms with Crippen molar-refractivity contribution in [1.29, 1.82) is 0 Å². The fourth-order valence-electron chi connectivity index (χ4n) is 2.79. The fraction of sp³-hybridized carbons (Fsp3) is 0.368. The molecule has 1 aromatic heterocycles. The van der Waals surface area contributed by atoms with Gasteiger partial charge in [0.05, 0.1) is 17.4 Å². The molecule has 6 heteroatoms. The molecular weight excluding hydrogens is 320 g/mol. The topological polar surface area (TPSA) is 69.6 Å². The van der Waals surface area contributed by atoms with Gasteiger partial charge in [-0.25, -0.2) is 0 Å². The molecule has 0 unspecified atom stereocenters. The fourth-order valence-corrected chi connectivity index (χ4v) is 2.79. The first-order chi connectivity index (χ1) is 12.2. The zero-order valence-electron chi connectivity index (χ0n) is 14.2. The summed E-state index contributed by atoms with van der Waals surface area (Å²) in [6.45, 7) is 3.62. The Morgan fingerprint density at radius 3 is 2.92 bits per heavy atom. The lowest BCUT2D eigenvalue weighted by atomic mass is 10.2. The van der Waals surface area contributed by atoms with Crippen LogP contribution in [-0.4, -0.2) is 29.8 Å². The van der Waals surface area contributed by atoms with Crippen LogP contribution in [0.5, 0.6) is 5.75 Å². The largest absolute Gasteiger partial charge is 0.490 e. The number of nitrogens with one attached hydrogen (secondary N) is 1. The van der Waals surface area contributed by atoms with Crippen LogP contribution in [0.2, 0.25) is 0 Å². The molecule has 132 valence electrons. The Morgan fingerprint density at radius 1 is 1.32 bits per heavy atom.